The second kappa shape index (κ2) is 3.42. The van der Waals surface area contributed by atoms with E-state index in [1.807, 2.05) is 6.92 Å². The number of hydrogen-bond donors (Lipinski definition) is 0. The molecule has 1 aromatic carbocycles. The predicted molar refractivity (Wildman–Crippen MR) is 53.3 cm³/mol. The molecule has 14 heavy (non-hydrogen) atoms. The van der Waals surface area contributed by atoms with Gasteiger partial charge in [0.15, 0.2) is 0 Å². The number of aryl methyl sites for hydroxylation is 1. The van der Waals surface area contributed by atoms with Crippen molar-refractivity contribution in [3.63, 3.8) is 0 Å². The van der Waals surface area contributed by atoms with Gasteiger partial charge in [-0.05, 0) is 36.8 Å². The molecular formula is C10H8ClFN2. The van der Waals surface area contributed by atoms with Gasteiger partial charge in [-0.2, -0.15) is 5.10 Å². The molecule has 2 nitrogen and oxygen atoms in total. The zero-order chi connectivity index (χ0) is 10.1. The number of aromatic nitrogens is 2. The maximum Gasteiger partial charge on any atom is 0.132 e. The largest absolute Gasteiger partial charge is 0.222 e. The van der Waals surface area contributed by atoms with E-state index in [0.717, 1.165) is 11.3 Å². The maximum atomic E-state index is 12.8. The topological polar surface area (TPSA) is 17.8 Å². The summed E-state index contributed by atoms with van der Waals surface area (Å²) in [6.45, 7) is 1.82. The fourth-order valence-electron chi connectivity index (χ4n) is 1.32. The normalized spacial score (nSPS) is 10.5. The van der Waals surface area contributed by atoms with Gasteiger partial charge in [0, 0.05) is 0 Å². The molecule has 0 aliphatic heterocycles. The predicted octanol–water partition coefficient (Wildman–Crippen LogP) is 2.97. The van der Waals surface area contributed by atoms with E-state index < -0.39 is 0 Å². The van der Waals surface area contributed by atoms with Crippen molar-refractivity contribution < 1.29 is 4.39 Å². The van der Waals surface area contributed by atoms with Gasteiger partial charge in [-0.3, -0.25) is 0 Å². The van der Waals surface area contributed by atoms with Crippen molar-refractivity contribution >= 4 is 11.6 Å². The van der Waals surface area contributed by atoms with Gasteiger partial charge in [0.1, 0.15) is 11.0 Å². The Hall–Kier alpha value is -1.35. The molecule has 0 spiro atoms. The first-order valence-electron chi connectivity index (χ1n) is 4.14. The summed E-state index contributed by atoms with van der Waals surface area (Å²) in [5.41, 5.74) is 1.59. The molecule has 0 aliphatic carbocycles. The van der Waals surface area contributed by atoms with Gasteiger partial charge >= 0.3 is 0 Å². The number of rotatable bonds is 1. The molecule has 0 saturated heterocycles. The molecule has 0 fully saturated rings. The van der Waals surface area contributed by atoms with Gasteiger partial charge in [-0.1, -0.05) is 11.6 Å². The summed E-state index contributed by atoms with van der Waals surface area (Å²) in [5.74, 6) is -0.255. The molecule has 0 radical (unpaired) electrons. The Labute approximate surface area is 85.9 Å². The summed E-state index contributed by atoms with van der Waals surface area (Å²) < 4.78 is 14.4. The smallest absolute Gasteiger partial charge is 0.132 e. The molecule has 1 heterocycles. The van der Waals surface area contributed by atoms with Gasteiger partial charge in [0.2, 0.25) is 0 Å². The standard InChI is InChI=1S/C10H8ClFN2/c1-7-6-8(12)2-3-9(7)14-10(11)4-5-13-14/h2-6H,1H3. The summed E-state index contributed by atoms with van der Waals surface area (Å²) in [6, 6.07) is 6.18. The lowest BCUT2D eigenvalue weighted by molar-refractivity contribution is 0.625. The van der Waals surface area contributed by atoms with Crippen molar-refractivity contribution in [3.8, 4) is 5.69 Å². The van der Waals surface area contributed by atoms with Crippen LogP contribution in [0, 0.1) is 12.7 Å². The highest BCUT2D eigenvalue weighted by Gasteiger charge is 2.05. The Morgan fingerprint density at radius 2 is 2.14 bits per heavy atom. The van der Waals surface area contributed by atoms with Crippen molar-refractivity contribution in [1.29, 1.82) is 0 Å². The van der Waals surface area contributed by atoms with Crippen LogP contribution >= 0.6 is 11.6 Å². The van der Waals surface area contributed by atoms with Crippen LogP contribution in [-0.4, -0.2) is 9.78 Å². The molecule has 0 aliphatic rings. The average Bonchev–Trinajstić information content (AvgIpc) is 2.52. The lowest BCUT2D eigenvalue weighted by atomic mass is 10.2. The van der Waals surface area contributed by atoms with Crippen LogP contribution < -0.4 is 0 Å². The fraction of sp³-hybridized carbons (Fsp3) is 0.100. The van der Waals surface area contributed by atoms with Crippen molar-refractivity contribution in [3.05, 3.63) is 47.0 Å². The van der Waals surface area contributed by atoms with Crippen molar-refractivity contribution in [2.75, 3.05) is 0 Å². The third-order valence-corrected chi connectivity index (χ3v) is 2.27. The van der Waals surface area contributed by atoms with Crippen LogP contribution in [0.1, 0.15) is 5.56 Å². The third kappa shape index (κ3) is 1.51. The van der Waals surface area contributed by atoms with Crippen molar-refractivity contribution in [2.45, 2.75) is 6.92 Å². The molecule has 1 aromatic heterocycles. The zero-order valence-electron chi connectivity index (χ0n) is 7.54. The molecule has 0 N–H and O–H groups in total. The minimum absolute atomic E-state index is 0.255. The Bertz CT molecular complexity index is 465. The number of halogens is 2. The Balaban J connectivity index is 2.58. The average molecular weight is 211 g/mol. The summed E-state index contributed by atoms with van der Waals surface area (Å²) in [5, 5.41) is 4.55. The second-order valence-corrected chi connectivity index (χ2v) is 3.38. The van der Waals surface area contributed by atoms with E-state index in [-0.39, 0.29) is 5.82 Å². The van der Waals surface area contributed by atoms with E-state index in [4.69, 9.17) is 11.6 Å². The van der Waals surface area contributed by atoms with Crippen LogP contribution in [-0.2, 0) is 0 Å². The van der Waals surface area contributed by atoms with Crippen LogP contribution in [0.15, 0.2) is 30.5 Å². The maximum absolute atomic E-state index is 12.8. The first-order chi connectivity index (χ1) is 6.68. The zero-order valence-corrected chi connectivity index (χ0v) is 8.29. The monoisotopic (exact) mass is 210 g/mol. The van der Waals surface area contributed by atoms with Gasteiger partial charge in [-0.25, -0.2) is 9.07 Å². The number of nitrogens with zero attached hydrogens (tertiary/aromatic N) is 2. The molecule has 2 aromatic rings. The fourth-order valence-corrected chi connectivity index (χ4v) is 1.51. The Kier molecular flexibility index (Phi) is 2.25. The molecular weight excluding hydrogens is 203 g/mol. The molecule has 0 amide bonds. The SMILES string of the molecule is Cc1cc(F)ccc1-n1nccc1Cl. The van der Waals surface area contributed by atoms with Crippen molar-refractivity contribution in [2.24, 2.45) is 0 Å². The minimum Gasteiger partial charge on any atom is -0.222 e. The molecule has 0 saturated carbocycles. The summed E-state index contributed by atoms with van der Waals surface area (Å²) in [6.07, 6.45) is 1.60. The van der Waals surface area contributed by atoms with Gasteiger partial charge in [0.05, 0.1) is 11.9 Å². The Morgan fingerprint density at radius 1 is 1.36 bits per heavy atom. The first-order valence-corrected chi connectivity index (χ1v) is 4.52. The number of benzene rings is 1. The summed E-state index contributed by atoms with van der Waals surface area (Å²) in [4.78, 5) is 0. The van der Waals surface area contributed by atoms with Crippen LogP contribution in [0.5, 0.6) is 0 Å². The molecule has 0 atom stereocenters. The van der Waals surface area contributed by atoms with Gasteiger partial charge in [0.25, 0.3) is 0 Å². The minimum atomic E-state index is -0.255. The van der Waals surface area contributed by atoms with E-state index >= 15 is 0 Å². The van der Waals surface area contributed by atoms with E-state index in [9.17, 15) is 4.39 Å². The van der Waals surface area contributed by atoms with E-state index in [2.05, 4.69) is 5.10 Å². The first kappa shape index (κ1) is 9.21. The highest BCUT2D eigenvalue weighted by atomic mass is 35.5. The molecule has 4 heteroatoms. The van der Waals surface area contributed by atoms with E-state index in [0.29, 0.717) is 5.15 Å². The van der Waals surface area contributed by atoms with E-state index in [1.165, 1.54) is 12.1 Å². The van der Waals surface area contributed by atoms with Crippen LogP contribution in [0.3, 0.4) is 0 Å². The summed E-state index contributed by atoms with van der Waals surface area (Å²) >= 11 is 5.89. The third-order valence-electron chi connectivity index (χ3n) is 1.98. The number of hydrogen-bond acceptors (Lipinski definition) is 1. The van der Waals surface area contributed by atoms with Crippen LogP contribution in [0.4, 0.5) is 4.39 Å². The summed E-state index contributed by atoms with van der Waals surface area (Å²) in [7, 11) is 0. The highest BCUT2D eigenvalue weighted by Crippen LogP contribution is 2.18. The Morgan fingerprint density at radius 3 is 2.71 bits per heavy atom. The van der Waals surface area contributed by atoms with Crippen molar-refractivity contribution in [1.82, 2.24) is 9.78 Å². The van der Waals surface area contributed by atoms with Crippen LogP contribution in [0.25, 0.3) is 5.69 Å². The quantitative estimate of drug-likeness (QED) is 0.708. The molecule has 0 unspecified atom stereocenters. The van der Waals surface area contributed by atoms with Gasteiger partial charge < -0.3 is 0 Å². The van der Waals surface area contributed by atoms with Crippen LogP contribution in [0.2, 0.25) is 5.15 Å². The van der Waals surface area contributed by atoms with Gasteiger partial charge in [-0.15, -0.1) is 0 Å². The second-order valence-electron chi connectivity index (χ2n) is 3.00. The van der Waals surface area contributed by atoms with E-state index in [1.54, 1.807) is 23.0 Å². The lowest BCUT2D eigenvalue weighted by Crippen LogP contribution is -1.99. The molecule has 2 rings (SSSR count). The molecule has 72 valence electrons. The molecule has 0 bridgehead atoms. The lowest BCUT2D eigenvalue weighted by Gasteiger charge is -2.06. The highest BCUT2D eigenvalue weighted by molar-refractivity contribution is 6.29.